The molecule has 0 saturated carbocycles. The lowest BCUT2D eigenvalue weighted by Gasteiger charge is -2.36. The Kier molecular flexibility index (Phi) is 5.33. The first-order chi connectivity index (χ1) is 15.1. The molecule has 0 aliphatic carbocycles. The predicted molar refractivity (Wildman–Crippen MR) is 114 cm³/mol. The number of hydrogen-bond acceptors (Lipinski definition) is 5. The Balaban J connectivity index is 1.26. The fourth-order valence-electron chi connectivity index (χ4n) is 4.07. The quantitative estimate of drug-likeness (QED) is 0.624. The molecule has 2 aromatic carbocycles. The van der Waals surface area contributed by atoms with Gasteiger partial charge in [0.2, 0.25) is 0 Å². The molecule has 2 aliphatic heterocycles. The van der Waals surface area contributed by atoms with Gasteiger partial charge in [0, 0.05) is 26.2 Å². The van der Waals surface area contributed by atoms with Crippen LogP contribution in [0.2, 0.25) is 5.02 Å². The van der Waals surface area contributed by atoms with Crippen molar-refractivity contribution in [3.05, 3.63) is 76.3 Å². The number of piperazine rings is 1. The number of carbonyl (C=O) groups is 1. The Morgan fingerprint density at radius 2 is 1.81 bits per heavy atom. The summed E-state index contributed by atoms with van der Waals surface area (Å²) in [4.78, 5) is 17.1. The number of hydrogen-bond donors (Lipinski definition) is 0. The van der Waals surface area contributed by atoms with Crippen molar-refractivity contribution >= 4 is 23.2 Å². The number of fused-ring (bicyclic) bond motifs is 1. The summed E-state index contributed by atoms with van der Waals surface area (Å²) in [6.07, 6.45) is -0.253. The first-order valence-corrected chi connectivity index (χ1v) is 10.6. The van der Waals surface area contributed by atoms with Gasteiger partial charge in [-0.25, -0.2) is 9.07 Å². The molecule has 160 valence electrons. The van der Waals surface area contributed by atoms with Crippen LogP contribution in [0.25, 0.3) is 0 Å². The summed E-state index contributed by atoms with van der Waals surface area (Å²) in [5.41, 5.74) is 2.87. The third-order valence-corrected chi connectivity index (χ3v) is 6.12. The number of carbonyl (C=O) groups excluding carboxylic acids is 1. The molecule has 1 amide bonds. The third kappa shape index (κ3) is 3.88. The Bertz CT molecular complexity index is 1100. The molecule has 1 fully saturated rings. The number of nitrogens with zero attached hydrogens (tertiary/aromatic N) is 5. The van der Waals surface area contributed by atoms with E-state index in [1.807, 2.05) is 24.3 Å². The van der Waals surface area contributed by atoms with E-state index in [0.29, 0.717) is 49.1 Å². The summed E-state index contributed by atoms with van der Waals surface area (Å²) in [7, 11) is 0. The molecule has 7 nitrogen and oxygen atoms in total. The van der Waals surface area contributed by atoms with Crippen LogP contribution in [0.5, 0.6) is 0 Å². The van der Waals surface area contributed by atoms with Crippen molar-refractivity contribution in [3.63, 3.8) is 0 Å². The topological polar surface area (TPSA) is 63.5 Å². The van der Waals surface area contributed by atoms with Crippen LogP contribution in [0.1, 0.15) is 27.8 Å². The van der Waals surface area contributed by atoms with Crippen LogP contribution in [0, 0.1) is 5.82 Å². The number of para-hydroxylation sites is 1. The zero-order valence-electron chi connectivity index (χ0n) is 16.7. The highest BCUT2D eigenvalue weighted by molar-refractivity contribution is 6.33. The molecule has 3 heterocycles. The molecule has 1 atom stereocenters. The van der Waals surface area contributed by atoms with Gasteiger partial charge in [-0.05, 0) is 29.8 Å². The normalized spacial score (nSPS) is 18.7. The maximum absolute atomic E-state index is 13.2. The Morgan fingerprint density at radius 1 is 1.06 bits per heavy atom. The minimum absolute atomic E-state index is 0.135. The summed E-state index contributed by atoms with van der Waals surface area (Å²) < 4.78 is 20.8. The first-order valence-electron chi connectivity index (χ1n) is 10.2. The van der Waals surface area contributed by atoms with Crippen LogP contribution in [-0.4, -0.2) is 52.0 Å². The molecule has 0 unspecified atom stereocenters. The molecule has 0 radical (unpaired) electrons. The molecular weight excluding hydrogens is 421 g/mol. The molecular formula is C22H21ClFN5O2. The summed E-state index contributed by atoms with van der Waals surface area (Å²) >= 11 is 6.31. The zero-order chi connectivity index (χ0) is 21.4. The summed E-state index contributed by atoms with van der Waals surface area (Å²) in [6, 6.07) is 13.9. The van der Waals surface area contributed by atoms with Gasteiger partial charge in [-0.2, -0.15) is 0 Å². The number of rotatable bonds is 3. The lowest BCUT2D eigenvalue weighted by atomic mass is 10.1. The first kappa shape index (κ1) is 20.0. The van der Waals surface area contributed by atoms with Crippen LogP contribution >= 0.6 is 11.6 Å². The van der Waals surface area contributed by atoms with Gasteiger partial charge in [0.1, 0.15) is 11.9 Å². The van der Waals surface area contributed by atoms with E-state index in [4.69, 9.17) is 16.3 Å². The van der Waals surface area contributed by atoms with E-state index < -0.39 is 0 Å². The molecule has 0 bridgehead atoms. The van der Waals surface area contributed by atoms with Crippen molar-refractivity contribution in [2.24, 2.45) is 0 Å². The largest absolute Gasteiger partial charge is 0.367 e. The van der Waals surface area contributed by atoms with Crippen LogP contribution in [0.15, 0.2) is 48.5 Å². The predicted octanol–water partition coefficient (Wildman–Crippen LogP) is 3.30. The van der Waals surface area contributed by atoms with E-state index in [2.05, 4.69) is 15.2 Å². The van der Waals surface area contributed by atoms with Crippen LogP contribution in [0.4, 0.5) is 10.1 Å². The van der Waals surface area contributed by atoms with Crippen LogP contribution in [-0.2, 0) is 17.9 Å². The van der Waals surface area contributed by atoms with Gasteiger partial charge in [0.25, 0.3) is 5.91 Å². The average molecular weight is 442 g/mol. The van der Waals surface area contributed by atoms with E-state index in [1.54, 1.807) is 21.7 Å². The van der Waals surface area contributed by atoms with E-state index in [9.17, 15) is 9.18 Å². The van der Waals surface area contributed by atoms with Gasteiger partial charge < -0.3 is 14.5 Å². The number of amides is 1. The number of benzene rings is 2. The second-order valence-corrected chi connectivity index (χ2v) is 8.06. The van der Waals surface area contributed by atoms with E-state index in [-0.39, 0.29) is 24.4 Å². The van der Waals surface area contributed by atoms with Crippen molar-refractivity contribution in [3.8, 4) is 0 Å². The summed E-state index contributed by atoms with van der Waals surface area (Å²) in [5, 5.41) is 9.04. The van der Waals surface area contributed by atoms with Gasteiger partial charge in [-0.1, -0.05) is 41.1 Å². The maximum atomic E-state index is 13.2. The second kappa shape index (κ2) is 8.28. The number of halogens is 2. The Labute approximate surface area is 184 Å². The molecule has 0 N–H and O–H groups in total. The lowest BCUT2D eigenvalue weighted by molar-refractivity contribution is -0.00199. The molecule has 1 saturated heterocycles. The smallest absolute Gasteiger partial charge is 0.276 e. The average Bonchev–Trinajstić information content (AvgIpc) is 3.23. The highest BCUT2D eigenvalue weighted by Crippen LogP contribution is 2.29. The second-order valence-electron chi connectivity index (χ2n) is 7.65. The monoisotopic (exact) mass is 441 g/mol. The van der Waals surface area contributed by atoms with Crippen molar-refractivity contribution in [2.45, 2.75) is 19.3 Å². The summed E-state index contributed by atoms with van der Waals surface area (Å²) in [6.45, 7) is 3.21. The van der Waals surface area contributed by atoms with Crippen LogP contribution in [0.3, 0.4) is 0 Å². The molecule has 5 rings (SSSR count). The number of ether oxygens (including phenoxy) is 1. The fraction of sp³-hybridized carbons (Fsp3) is 0.318. The van der Waals surface area contributed by atoms with Crippen molar-refractivity contribution in [1.82, 2.24) is 19.9 Å². The van der Waals surface area contributed by atoms with Gasteiger partial charge >= 0.3 is 0 Å². The maximum Gasteiger partial charge on any atom is 0.276 e. The van der Waals surface area contributed by atoms with Crippen molar-refractivity contribution in [1.29, 1.82) is 0 Å². The molecule has 0 spiro atoms. The van der Waals surface area contributed by atoms with Gasteiger partial charge in [0.15, 0.2) is 5.69 Å². The SMILES string of the molecule is O=C(c1nnn2c1CO[C@H](c1ccc(F)cc1)C2)N1CCN(c2ccccc2Cl)CC1. The molecule has 3 aromatic rings. The Hall–Kier alpha value is -2.97. The summed E-state index contributed by atoms with van der Waals surface area (Å²) in [5.74, 6) is -0.424. The van der Waals surface area contributed by atoms with E-state index >= 15 is 0 Å². The number of anilines is 1. The fourth-order valence-corrected chi connectivity index (χ4v) is 4.32. The van der Waals surface area contributed by atoms with Crippen molar-refractivity contribution in [2.75, 3.05) is 31.1 Å². The minimum Gasteiger partial charge on any atom is -0.367 e. The van der Waals surface area contributed by atoms with Gasteiger partial charge in [-0.3, -0.25) is 4.79 Å². The third-order valence-electron chi connectivity index (χ3n) is 5.80. The zero-order valence-corrected chi connectivity index (χ0v) is 17.5. The Morgan fingerprint density at radius 3 is 2.55 bits per heavy atom. The van der Waals surface area contributed by atoms with Crippen LogP contribution < -0.4 is 4.90 Å². The minimum atomic E-state index is -0.288. The highest BCUT2D eigenvalue weighted by Gasteiger charge is 2.31. The standard InChI is InChI=1S/C22H21ClFN5O2/c23-17-3-1-2-4-18(17)27-9-11-28(12-10-27)22(30)21-19-14-31-20(13-29(19)26-25-21)15-5-7-16(24)8-6-15/h1-8,20H,9-14H2/t20-/m0/s1. The highest BCUT2D eigenvalue weighted by atomic mass is 35.5. The number of aromatic nitrogens is 3. The lowest BCUT2D eigenvalue weighted by Crippen LogP contribution is -2.49. The van der Waals surface area contributed by atoms with E-state index in [0.717, 1.165) is 11.3 Å². The molecule has 1 aromatic heterocycles. The molecule has 31 heavy (non-hydrogen) atoms. The molecule has 9 heteroatoms. The molecule has 2 aliphatic rings. The van der Waals surface area contributed by atoms with Gasteiger partial charge in [-0.15, -0.1) is 5.10 Å². The van der Waals surface area contributed by atoms with Gasteiger partial charge in [0.05, 0.1) is 29.6 Å². The van der Waals surface area contributed by atoms with E-state index in [1.165, 1.54) is 12.1 Å². The van der Waals surface area contributed by atoms with Crippen molar-refractivity contribution < 1.29 is 13.9 Å².